The maximum absolute atomic E-state index is 13.0. The van der Waals surface area contributed by atoms with E-state index in [1.807, 2.05) is 26.0 Å². The Morgan fingerprint density at radius 3 is 2.29 bits per heavy atom. The standard InChI is InChI=1S/C26H28N4O4/c1-17-15-30(16-18(2)34-17)24-13-10-20(14-27-24)28-26(32)22-6-4-5-7-23(22)29-25(31)19-8-11-21(33-3)12-9-19/h4-14,17-18H,15-16H2,1-3H3,(H,28,32)(H,29,31). The number of para-hydroxylation sites is 1. The molecule has 1 aromatic heterocycles. The van der Waals surface area contributed by atoms with E-state index in [4.69, 9.17) is 9.47 Å². The number of amides is 2. The predicted molar refractivity (Wildman–Crippen MR) is 132 cm³/mol. The molecule has 8 heteroatoms. The molecule has 2 aromatic carbocycles. The second kappa shape index (κ2) is 10.4. The number of benzene rings is 2. The minimum absolute atomic E-state index is 0.134. The van der Waals surface area contributed by atoms with Gasteiger partial charge in [0.2, 0.25) is 0 Å². The first kappa shape index (κ1) is 23.3. The molecule has 176 valence electrons. The van der Waals surface area contributed by atoms with Gasteiger partial charge in [-0.25, -0.2) is 4.98 Å². The van der Waals surface area contributed by atoms with Gasteiger partial charge in [0.1, 0.15) is 11.6 Å². The third-order valence-corrected chi connectivity index (χ3v) is 5.52. The zero-order chi connectivity index (χ0) is 24.1. The van der Waals surface area contributed by atoms with Gasteiger partial charge in [-0.15, -0.1) is 0 Å². The topological polar surface area (TPSA) is 92.8 Å². The van der Waals surface area contributed by atoms with Crippen molar-refractivity contribution in [3.8, 4) is 5.75 Å². The lowest BCUT2D eigenvalue weighted by Crippen LogP contribution is -2.45. The summed E-state index contributed by atoms with van der Waals surface area (Å²) in [7, 11) is 1.57. The van der Waals surface area contributed by atoms with Gasteiger partial charge in [-0.1, -0.05) is 12.1 Å². The molecule has 0 spiro atoms. The molecular weight excluding hydrogens is 432 g/mol. The first-order valence-electron chi connectivity index (χ1n) is 11.1. The van der Waals surface area contributed by atoms with Crippen LogP contribution in [0.1, 0.15) is 34.6 Å². The Morgan fingerprint density at radius 2 is 1.65 bits per heavy atom. The van der Waals surface area contributed by atoms with Crippen LogP contribution in [0.5, 0.6) is 5.75 Å². The molecule has 1 aliphatic heterocycles. The predicted octanol–water partition coefficient (Wildman–Crippen LogP) is 4.21. The monoisotopic (exact) mass is 460 g/mol. The number of carbonyl (C=O) groups excluding carboxylic acids is 2. The molecular formula is C26H28N4O4. The van der Waals surface area contributed by atoms with Crippen LogP contribution in [0.15, 0.2) is 66.9 Å². The Bertz CT molecular complexity index is 1140. The smallest absolute Gasteiger partial charge is 0.257 e. The number of nitrogens with zero attached hydrogens (tertiary/aromatic N) is 2. The molecule has 3 aromatic rings. The molecule has 0 aliphatic carbocycles. The number of ether oxygens (including phenoxy) is 2. The van der Waals surface area contributed by atoms with Gasteiger partial charge in [0.25, 0.3) is 11.8 Å². The summed E-state index contributed by atoms with van der Waals surface area (Å²) in [6, 6.07) is 17.3. The average molecular weight is 461 g/mol. The minimum Gasteiger partial charge on any atom is -0.497 e. The van der Waals surface area contributed by atoms with Crippen LogP contribution in [-0.2, 0) is 4.74 Å². The number of carbonyl (C=O) groups is 2. The van der Waals surface area contributed by atoms with Crippen molar-refractivity contribution >= 4 is 29.0 Å². The van der Waals surface area contributed by atoms with E-state index in [0.29, 0.717) is 28.3 Å². The largest absolute Gasteiger partial charge is 0.497 e. The Labute approximate surface area is 198 Å². The summed E-state index contributed by atoms with van der Waals surface area (Å²) < 4.78 is 10.9. The molecule has 34 heavy (non-hydrogen) atoms. The molecule has 1 aliphatic rings. The number of aromatic nitrogens is 1. The van der Waals surface area contributed by atoms with Crippen molar-refractivity contribution in [2.75, 3.05) is 35.7 Å². The van der Waals surface area contributed by atoms with Crippen LogP contribution < -0.4 is 20.3 Å². The Hall–Kier alpha value is -3.91. The summed E-state index contributed by atoms with van der Waals surface area (Å²) in [4.78, 5) is 32.3. The number of morpholine rings is 1. The number of anilines is 3. The molecule has 1 fully saturated rings. The van der Waals surface area contributed by atoms with Gasteiger partial charge in [0, 0.05) is 18.7 Å². The molecule has 1 saturated heterocycles. The van der Waals surface area contributed by atoms with E-state index < -0.39 is 0 Å². The highest BCUT2D eigenvalue weighted by Crippen LogP contribution is 2.22. The minimum atomic E-state index is -0.339. The van der Waals surface area contributed by atoms with Gasteiger partial charge >= 0.3 is 0 Å². The van der Waals surface area contributed by atoms with E-state index in [2.05, 4.69) is 20.5 Å². The third-order valence-electron chi connectivity index (χ3n) is 5.52. The SMILES string of the molecule is COc1ccc(C(=O)Nc2ccccc2C(=O)Nc2ccc(N3CC(C)OC(C)C3)nc2)cc1. The molecule has 8 nitrogen and oxygen atoms in total. The summed E-state index contributed by atoms with van der Waals surface area (Å²) in [6.45, 7) is 5.62. The fourth-order valence-corrected chi connectivity index (χ4v) is 3.94. The van der Waals surface area contributed by atoms with Crippen LogP contribution in [0.4, 0.5) is 17.2 Å². The molecule has 2 amide bonds. The molecule has 4 rings (SSSR count). The van der Waals surface area contributed by atoms with E-state index in [1.54, 1.807) is 61.8 Å². The molecule has 2 N–H and O–H groups in total. The number of pyridine rings is 1. The lowest BCUT2D eigenvalue weighted by atomic mass is 10.1. The first-order chi connectivity index (χ1) is 16.4. The van der Waals surface area contributed by atoms with Crippen molar-refractivity contribution in [3.63, 3.8) is 0 Å². The zero-order valence-electron chi connectivity index (χ0n) is 19.4. The Morgan fingerprint density at radius 1 is 0.941 bits per heavy atom. The maximum atomic E-state index is 13.0. The quantitative estimate of drug-likeness (QED) is 0.573. The number of hydrogen-bond donors (Lipinski definition) is 2. The van der Waals surface area contributed by atoms with Crippen LogP contribution in [0.3, 0.4) is 0 Å². The van der Waals surface area contributed by atoms with Crippen LogP contribution in [0.2, 0.25) is 0 Å². The molecule has 2 heterocycles. The van der Waals surface area contributed by atoms with Crippen LogP contribution in [0.25, 0.3) is 0 Å². The lowest BCUT2D eigenvalue weighted by molar-refractivity contribution is -0.00545. The van der Waals surface area contributed by atoms with Gasteiger partial charge in [-0.05, 0) is 62.4 Å². The zero-order valence-corrected chi connectivity index (χ0v) is 19.4. The molecule has 0 bridgehead atoms. The number of hydrogen-bond acceptors (Lipinski definition) is 6. The van der Waals surface area contributed by atoms with Gasteiger partial charge in [0.15, 0.2) is 0 Å². The molecule has 0 radical (unpaired) electrons. The van der Waals surface area contributed by atoms with Crippen molar-refractivity contribution in [1.29, 1.82) is 0 Å². The van der Waals surface area contributed by atoms with Gasteiger partial charge < -0.3 is 25.0 Å². The van der Waals surface area contributed by atoms with E-state index in [-0.39, 0.29) is 24.0 Å². The van der Waals surface area contributed by atoms with E-state index in [0.717, 1.165) is 18.9 Å². The molecule has 2 unspecified atom stereocenters. The van der Waals surface area contributed by atoms with Crippen molar-refractivity contribution in [2.45, 2.75) is 26.1 Å². The highest BCUT2D eigenvalue weighted by molar-refractivity contribution is 6.12. The van der Waals surface area contributed by atoms with E-state index in [1.165, 1.54) is 0 Å². The summed E-state index contributed by atoms with van der Waals surface area (Å²) in [6.07, 6.45) is 1.90. The Kier molecular flexibility index (Phi) is 7.08. The first-order valence-corrected chi connectivity index (χ1v) is 11.1. The van der Waals surface area contributed by atoms with Gasteiger partial charge in [0.05, 0.1) is 42.5 Å². The lowest BCUT2D eigenvalue weighted by Gasteiger charge is -2.36. The number of nitrogens with one attached hydrogen (secondary N) is 2. The second-order valence-corrected chi connectivity index (χ2v) is 8.25. The fourth-order valence-electron chi connectivity index (χ4n) is 3.94. The normalized spacial score (nSPS) is 17.7. The number of methoxy groups -OCH3 is 1. The summed E-state index contributed by atoms with van der Waals surface area (Å²) in [5.41, 5.74) is 1.80. The van der Waals surface area contributed by atoms with Crippen LogP contribution in [0, 0.1) is 0 Å². The maximum Gasteiger partial charge on any atom is 0.257 e. The third kappa shape index (κ3) is 5.52. The Balaban J connectivity index is 1.44. The van der Waals surface area contributed by atoms with Crippen molar-refractivity contribution in [1.82, 2.24) is 4.98 Å². The van der Waals surface area contributed by atoms with Crippen molar-refractivity contribution in [2.24, 2.45) is 0 Å². The fraction of sp³-hybridized carbons (Fsp3) is 0.269. The van der Waals surface area contributed by atoms with Gasteiger partial charge in [-0.2, -0.15) is 0 Å². The van der Waals surface area contributed by atoms with Crippen LogP contribution >= 0.6 is 0 Å². The van der Waals surface area contributed by atoms with Crippen molar-refractivity contribution < 1.29 is 19.1 Å². The molecule has 2 atom stereocenters. The van der Waals surface area contributed by atoms with Crippen LogP contribution in [-0.4, -0.2) is 49.2 Å². The van der Waals surface area contributed by atoms with E-state index in [9.17, 15) is 9.59 Å². The second-order valence-electron chi connectivity index (χ2n) is 8.25. The highest BCUT2D eigenvalue weighted by Gasteiger charge is 2.23. The summed E-state index contributed by atoms with van der Waals surface area (Å²) >= 11 is 0. The van der Waals surface area contributed by atoms with Crippen molar-refractivity contribution in [3.05, 3.63) is 78.0 Å². The summed E-state index contributed by atoms with van der Waals surface area (Å²) in [5.74, 6) is 0.845. The number of rotatable bonds is 6. The highest BCUT2D eigenvalue weighted by atomic mass is 16.5. The molecule has 0 saturated carbocycles. The summed E-state index contributed by atoms with van der Waals surface area (Å²) in [5, 5.41) is 5.68. The average Bonchev–Trinajstić information content (AvgIpc) is 2.84. The van der Waals surface area contributed by atoms with Gasteiger partial charge in [-0.3, -0.25) is 9.59 Å². The van der Waals surface area contributed by atoms with E-state index >= 15 is 0 Å².